The van der Waals surface area contributed by atoms with Gasteiger partial charge in [-0.1, -0.05) is 6.07 Å². The minimum Gasteiger partial charge on any atom is -0.379 e. The average molecular weight is 460 g/mol. The highest BCUT2D eigenvalue weighted by Gasteiger charge is 2.15. The number of aryl methyl sites for hydroxylation is 2. The second-order valence-corrected chi connectivity index (χ2v) is 9.32. The first kappa shape index (κ1) is 24.6. The monoisotopic (exact) mass is 459 g/mol. The molecule has 1 aromatic carbocycles. The van der Waals surface area contributed by atoms with Crippen LogP contribution in [0.5, 0.6) is 0 Å². The third-order valence-electron chi connectivity index (χ3n) is 5.89. The van der Waals surface area contributed by atoms with Crippen LogP contribution in [0.2, 0.25) is 0 Å². The summed E-state index contributed by atoms with van der Waals surface area (Å²) < 4.78 is 5.41. The average Bonchev–Trinajstić information content (AvgIpc) is 2.75. The van der Waals surface area contributed by atoms with E-state index in [1.165, 1.54) is 5.56 Å². The van der Waals surface area contributed by atoms with Gasteiger partial charge in [-0.05, 0) is 76.4 Å². The number of ether oxygens (including phenoxy) is 1. The molecule has 1 aliphatic rings. The summed E-state index contributed by atoms with van der Waals surface area (Å²) in [5.41, 5.74) is 3.89. The van der Waals surface area contributed by atoms with Crippen molar-refractivity contribution in [2.24, 2.45) is 0 Å². The molecule has 0 spiro atoms. The predicted octanol–water partition coefficient (Wildman–Crippen LogP) is 2.11. The minimum atomic E-state index is -0.0486. The maximum absolute atomic E-state index is 12.8. The second-order valence-electron chi connectivity index (χ2n) is 8.93. The van der Waals surface area contributed by atoms with Crippen LogP contribution in [0.25, 0.3) is 10.9 Å². The normalized spacial score (nSPS) is 14.8. The molecule has 1 fully saturated rings. The third kappa shape index (κ3) is 7.00. The number of aromatic nitrogens is 1. The van der Waals surface area contributed by atoms with Crippen LogP contribution in [-0.4, -0.2) is 91.4 Å². The van der Waals surface area contributed by atoms with Crippen LogP contribution in [0.4, 0.5) is 0 Å². The van der Waals surface area contributed by atoms with E-state index in [2.05, 4.69) is 38.0 Å². The summed E-state index contributed by atoms with van der Waals surface area (Å²) in [4.78, 5) is 22.5. The number of thiocarbonyl (C=S) groups is 1. The van der Waals surface area contributed by atoms with Gasteiger partial charge in [-0.25, -0.2) is 0 Å². The number of fused-ring (bicyclic) bond motifs is 1. The SMILES string of the molecule is Cc1cc(C)c2cc(CN(CCN(C)C)C(=S)NCCCN3CCOCC3)c(=O)[nH]c2c1. The largest absolute Gasteiger partial charge is 0.379 e. The molecule has 1 aliphatic heterocycles. The number of likely N-dealkylation sites (N-methyl/N-ethyl adjacent to an activating group) is 1. The molecule has 7 nitrogen and oxygen atoms in total. The van der Waals surface area contributed by atoms with E-state index < -0.39 is 0 Å². The molecule has 0 atom stereocenters. The molecule has 0 amide bonds. The van der Waals surface area contributed by atoms with Crippen LogP contribution in [0, 0.1) is 13.8 Å². The summed E-state index contributed by atoms with van der Waals surface area (Å²) in [7, 11) is 4.09. The van der Waals surface area contributed by atoms with Crippen molar-refractivity contribution in [3.63, 3.8) is 0 Å². The van der Waals surface area contributed by atoms with Crippen molar-refractivity contribution in [1.29, 1.82) is 0 Å². The van der Waals surface area contributed by atoms with Gasteiger partial charge in [-0.15, -0.1) is 0 Å². The van der Waals surface area contributed by atoms with Crippen molar-refractivity contribution >= 4 is 28.2 Å². The van der Waals surface area contributed by atoms with E-state index in [9.17, 15) is 4.79 Å². The van der Waals surface area contributed by atoms with E-state index in [0.717, 1.165) is 80.9 Å². The molecule has 0 radical (unpaired) electrons. The fourth-order valence-electron chi connectivity index (χ4n) is 4.05. The van der Waals surface area contributed by atoms with Gasteiger partial charge >= 0.3 is 0 Å². The zero-order valence-corrected chi connectivity index (χ0v) is 20.7. The highest BCUT2D eigenvalue weighted by molar-refractivity contribution is 7.80. The lowest BCUT2D eigenvalue weighted by molar-refractivity contribution is 0.0376. The van der Waals surface area contributed by atoms with Crippen LogP contribution < -0.4 is 10.9 Å². The van der Waals surface area contributed by atoms with E-state index in [1.807, 2.05) is 33.2 Å². The van der Waals surface area contributed by atoms with Crippen LogP contribution in [0.3, 0.4) is 0 Å². The van der Waals surface area contributed by atoms with Gasteiger partial charge in [-0.2, -0.15) is 0 Å². The maximum atomic E-state index is 12.8. The Balaban J connectivity index is 1.66. The highest BCUT2D eigenvalue weighted by atomic mass is 32.1. The fraction of sp³-hybridized carbons (Fsp3) is 0.583. The Hall–Kier alpha value is -2.00. The Morgan fingerprint density at radius 3 is 2.66 bits per heavy atom. The Morgan fingerprint density at radius 1 is 1.19 bits per heavy atom. The Bertz CT molecular complexity index is 969. The summed E-state index contributed by atoms with van der Waals surface area (Å²) in [6.45, 7) is 11.8. The second kappa shape index (κ2) is 11.7. The Kier molecular flexibility index (Phi) is 9.04. The zero-order chi connectivity index (χ0) is 23.1. The van der Waals surface area contributed by atoms with Crippen molar-refractivity contribution in [3.05, 3.63) is 45.2 Å². The lowest BCUT2D eigenvalue weighted by Gasteiger charge is -2.28. The molecule has 32 heavy (non-hydrogen) atoms. The van der Waals surface area contributed by atoms with Gasteiger partial charge in [0.2, 0.25) is 0 Å². The van der Waals surface area contributed by atoms with E-state index in [1.54, 1.807) is 0 Å². The topological polar surface area (TPSA) is 63.8 Å². The first-order valence-corrected chi connectivity index (χ1v) is 11.8. The van der Waals surface area contributed by atoms with Crippen LogP contribution in [-0.2, 0) is 11.3 Å². The lowest BCUT2D eigenvalue weighted by Crippen LogP contribution is -2.44. The molecule has 0 unspecified atom stereocenters. The van der Waals surface area contributed by atoms with Crippen molar-refractivity contribution in [3.8, 4) is 0 Å². The van der Waals surface area contributed by atoms with Gasteiger partial charge in [0.15, 0.2) is 5.11 Å². The number of nitrogens with one attached hydrogen (secondary N) is 2. The summed E-state index contributed by atoms with van der Waals surface area (Å²) in [6.07, 6.45) is 1.02. The van der Waals surface area contributed by atoms with Gasteiger partial charge in [0.1, 0.15) is 0 Å². The standard InChI is InChI=1S/C24H37N5O2S/c1-18-14-19(2)21-16-20(23(30)26-22(21)15-18)17-29(9-8-27(3)4)24(32)25-6-5-7-28-10-12-31-13-11-28/h14-16H,5-13,17H2,1-4H3,(H,25,32)(H,26,30). The fourth-order valence-corrected chi connectivity index (χ4v) is 4.30. The molecule has 0 aliphatic carbocycles. The molecule has 3 rings (SSSR count). The number of pyridine rings is 1. The molecule has 0 saturated carbocycles. The van der Waals surface area contributed by atoms with Gasteiger partial charge in [-0.3, -0.25) is 9.69 Å². The van der Waals surface area contributed by atoms with Crippen LogP contribution in [0.15, 0.2) is 23.0 Å². The molecule has 176 valence electrons. The number of hydrogen-bond donors (Lipinski definition) is 2. The summed E-state index contributed by atoms with van der Waals surface area (Å²) in [5, 5.41) is 5.20. The van der Waals surface area contributed by atoms with Crippen molar-refractivity contribution in [1.82, 2.24) is 25.0 Å². The molecule has 0 bridgehead atoms. The van der Waals surface area contributed by atoms with E-state index in [0.29, 0.717) is 11.7 Å². The minimum absolute atomic E-state index is 0.0486. The van der Waals surface area contributed by atoms with E-state index >= 15 is 0 Å². The maximum Gasteiger partial charge on any atom is 0.253 e. The van der Waals surface area contributed by atoms with Crippen molar-refractivity contribution < 1.29 is 4.74 Å². The lowest BCUT2D eigenvalue weighted by atomic mass is 10.0. The smallest absolute Gasteiger partial charge is 0.253 e. The Morgan fingerprint density at radius 2 is 1.94 bits per heavy atom. The molecule has 1 saturated heterocycles. The predicted molar refractivity (Wildman–Crippen MR) is 135 cm³/mol. The van der Waals surface area contributed by atoms with Crippen LogP contribution in [0.1, 0.15) is 23.1 Å². The summed E-state index contributed by atoms with van der Waals surface area (Å²) in [6, 6.07) is 6.19. The molecule has 2 heterocycles. The van der Waals surface area contributed by atoms with Crippen molar-refractivity contribution in [2.45, 2.75) is 26.8 Å². The number of benzene rings is 1. The van der Waals surface area contributed by atoms with Gasteiger partial charge in [0, 0.05) is 49.2 Å². The number of morpholine rings is 1. The number of aromatic amines is 1. The quantitative estimate of drug-likeness (QED) is 0.440. The molecule has 1 aromatic heterocycles. The number of H-pyrrole nitrogens is 1. The van der Waals surface area contributed by atoms with Gasteiger partial charge in [0.05, 0.1) is 19.8 Å². The molecular formula is C24H37N5O2S. The number of nitrogens with zero attached hydrogens (tertiary/aromatic N) is 3. The van der Waals surface area contributed by atoms with Gasteiger partial charge in [0.25, 0.3) is 5.56 Å². The zero-order valence-electron chi connectivity index (χ0n) is 19.9. The van der Waals surface area contributed by atoms with Crippen LogP contribution >= 0.6 is 12.2 Å². The molecule has 8 heteroatoms. The van der Waals surface area contributed by atoms with Gasteiger partial charge < -0.3 is 24.8 Å². The first-order chi connectivity index (χ1) is 15.3. The molecule has 2 N–H and O–H groups in total. The number of rotatable bonds is 9. The van der Waals surface area contributed by atoms with E-state index in [4.69, 9.17) is 17.0 Å². The number of hydrogen-bond acceptors (Lipinski definition) is 5. The Labute approximate surface area is 196 Å². The van der Waals surface area contributed by atoms with Crippen molar-refractivity contribution in [2.75, 3.05) is 66.6 Å². The highest BCUT2D eigenvalue weighted by Crippen LogP contribution is 2.19. The van der Waals surface area contributed by atoms with E-state index in [-0.39, 0.29) is 5.56 Å². The third-order valence-corrected chi connectivity index (χ3v) is 6.29. The summed E-state index contributed by atoms with van der Waals surface area (Å²) >= 11 is 5.73. The molecule has 2 aromatic rings. The summed E-state index contributed by atoms with van der Waals surface area (Å²) in [5.74, 6) is 0. The molecular weight excluding hydrogens is 422 g/mol. The first-order valence-electron chi connectivity index (χ1n) is 11.4.